The molecule has 21 heavy (non-hydrogen) atoms. The third-order valence-electron chi connectivity index (χ3n) is 5.83. The van der Waals surface area contributed by atoms with Gasteiger partial charge in [-0.3, -0.25) is 0 Å². The third kappa shape index (κ3) is 4.20. The summed E-state index contributed by atoms with van der Waals surface area (Å²) in [7, 11) is 0. The van der Waals surface area contributed by atoms with E-state index in [1.165, 1.54) is 90.5 Å². The van der Waals surface area contributed by atoms with Crippen LogP contribution >= 0.6 is 0 Å². The van der Waals surface area contributed by atoms with Crippen LogP contribution in [0.25, 0.3) is 0 Å². The lowest BCUT2D eigenvalue weighted by Crippen LogP contribution is -2.40. The quantitative estimate of drug-likeness (QED) is 0.814. The summed E-state index contributed by atoms with van der Waals surface area (Å²) in [6.45, 7) is 8.46. The van der Waals surface area contributed by atoms with Crippen molar-refractivity contribution in [3.8, 4) is 0 Å². The molecule has 2 saturated heterocycles. The Morgan fingerprint density at radius 3 is 2.52 bits per heavy atom. The van der Waals surface area contributed by atoms with E-state index in [0.29, 0.717) is 11.7 Å². The topological polar surface area (TPSA) is 24.5 Å². The summed E-state index contributed by atoms with van der Waals surface area (Å²) in [5.74, 6) is 0.902. The fourth-order valence-electron chi connectivity index (χ4n) is 4.70. The van der Waals surface area contributed by atoms with Gasteiger partial charge in [0.15, 0.2) is 0 Å². The highest BCUT2D eigenvalue weighted by molar-refractivity contribution is 4.93. The van der Waals surface area contributed by atoms with Gasteiger partial charge in [0.05, 0.1) is 11.7 Å². The van der Waals surface area contributed by atoms with Crippen LogP contribution < -0.4 is 5.32 Å². The summed E-state index contributed by atoms with van der Waals surface area (Å²) in [5, 5.41) is 3.48. The lowest BCUT2D eigenvalue weighted by Gasteiger charge is -2.32. The summed E-state index contributed by atoms with van der Waals surface area (Å²) in [5.41, 5.74) is 0.303. The molecule has 1 spiro atoms. The first-order chi connectivity index (χ1) is 10.3. The predicted octanol–water partition coefficient (Wildman–Crippen LogP) is 3.19. The largest absolute Gasteiger partial charge is 0.370 e. The van der Waals surface area contributed by atoms with Crippen molar-refractivity contribution in [3.63, 3.8) is 0 Å². The molecular weight excluding hydrogens is 260 g/mol. The second-order valence-electron chi connectivity index (χ2n) is 7.62. The first-order valence-corrected chi connectivity index (χ1v) is 9.40. The minimum Gasteiger partial charge on any atom is -0.370 e. The molecule has 1 N–H and O–H groups in total. The molecule has 1 unspecified atom stereocenters. The van der Waals surface area contributed by atoms with Crippen LogP contribution in [0.5, 0.6) is 0 Å². The van der Waals surface area contributed by atoms with E-state index in [0.717, 1.165) is 5.92 Å². The van der Waals surface area contributed by atoms with Crippen LogP contribution in [0.15, 0.2) is 0 Å². The zero-order chi connectivity index (χ0) is 14.5. The van der Waals surface area contributed by atoms with E-state index < -0.39 is 0 Å². The van der Waals surface area contributed by atoms with Crippen molar-refractivity contribution >= 4 is 0 Å². The van der Waals surface area contributed by atoms with Crippen molar-refractivity contribution in [3.05, 3.63) is 0 Å². The molecule has 0 aromatic heterocycles. The second-order valence-corrected chi connectivity index (χ2v) is 7.62. The molecule has 1 atom stereocenters. The lowest BCUT2D eigenvalue weighted by molar-refractivity contribution is -0.0487. The highest BCUT2D eigenvalue weighted by Crippen LogP contribution is 2.43. The molecule has 0 amide bonds. The van der Waals surface area contributed by atoms with Gasteiger partial charge in [-0.05, 0) is 70.5 Å². The normalized spacial score (nSPS) is 29.7. The number of piperidine rings is 1. The summed E-state index contributed by atoms with van der Waals surface area (Å²) in [4.78, 5) is 2.70. The maximum absolute atomic E-state index is 6.52. The summed E-state index contributed by atoms with van der Waals surface area (Å²) in [6.07, 6.45) is 12.5. The van der Waals surface area contributed by atoms with E-state index in [2.05, 4.69) is 17.1 Å². The Bertz CT molecular complexity index is 308. The first-order valence-electron chi connectivity index (χ1n) is 9.40. The van der Waals surface area contributed by atoms with E-state index in [1.54, 1.807) is 0 Å². The van der Waals surface area contributed by atoms with Gasteiger partial charge in [-0.15, -0.1) is 0 Å². The van der Waals surface area contributed by atoms with Crippen LogP contribution in [0, 0.1) is 5.92 Å². The van der Waals surface area contributed by atoms with Crippen LogP contribution in [0.1, 0.15) is 64.7 Å². The highest BCUT2D eigenvalue weighted by Gasteiger charge is 2.42. The molecule has 3 rings (SSSR count). The van der Waals surface area contributed by atoms with E-state index in [1.807, 2.05) is 0 Å². The van der Waals surface area contributed by atoms with Crippen molar-refractivity contribution in [1.82, 2.24) is 10.2 Å². The molecule has 1 saturated carbocycles. The second kappa shape index (κ2) is 7.43. The predicted molar refractivity (Wildman–Crippen MR) is 87.6 cm³/mol. The van der Waals surface area contributed by atoms with Crippen molar-refractivity contribution in [2.45, 2.75) is 76.4 Å². The number of nitrogens with zero attached hydrogens (tertiary/aromatic N) is 1. The van der Waals surface area contributed by atoms with Gasteiger partial charge in [-0.1, -0.05) is 19.8 Å². The average molecular weight is 294 g/mol. The first kappa shape index (κ1) is 15.8. The number of rotatable bonds is 6. The maximum Gasteiger partial charge on any atom is 0.0710 e. The molecule has 0 aromatic rings. The summed E-state index contributed by atoms with van der Waals surface area (Å²) < 4.78 is 6.52. The monoisotopic (exact) mass is 294 g/mol. The Kier molecular flexibility index (Phi) is 5.58. The summed E-state index contributed by atoms with van der Waals surface area (Å²) >= 11 is 0. The van der Waals surface area contributed by atoms with Crippen molar-refractivity contribution in [2.75, 3.05) is 32.7 Å². The van der Waals surface area contributed by atoms with Gasteiger partial charge in [0, 0.05) is 13.1 Å². The van der Waals surface area contributed by atoms with Gasteiger partial charge >= 0.3 is 0 Å². The molecule has 3 fully saturated rings. The van der Waals surface area contributed by atoms with E-state index in [9.17, 15) is 0 Å². The number of nitrogens with one attached hydrogen (secondary N) is 1. The van der Waals surface area contributed by atoms with Crippen LogP contribution in [0.3, 0.4) is 0 Å². The fraction of sp³-hybridized carbons (Fsp3) is 1.00. The third-order valence-corrected chi connectivity index (χ3v) is 5.83. The highest BCUT2D eigenvalue weighted by atomic mass is 16.5. The Morgan fingerprint density at radius 1 is 1.05 bits per heavy atom. The maximum atomic E-state index is 6.52. The standard InChI is InChI=1S/C18H34N2O/c1-2-13-20(14-16-6-11-19-12-7-16)15-17-5-10-18(21-17)8-3-4-9-18/h16-17,19H,2-15H2,1H3. The Balaban J connectivity index is 1.48. The van der Waals surface area contributed by atoms with Gasteiger partial charge in [0.2, 0.25) is 0 Å². The molecule has 3 aliphatic rings. The van der Waals surface area contributed by atoms with E-state index in [4.69, 9.17) is 4.74 Å². The van der Waals surface area contributed by atoms with Crippen molar-refractivity contribution in [2.24, 2.45) is 5.92 Å². The number of ether oxygens (including phenoxy) is 1. The molecule has 122 valence electrons. The Labute approximate surface area is 130 Å². The number of hydrogen-bond acceptors (Lipinski definition) is 3. The van der Waals surface area contributed by atoms with Gasteiger partial charge < -0.3 is 15.0 Å². The van der Waals surface area contributed by atoms with Crippen LogP contribution in [-0.4, -0.2) is 49.3 Å². The van der Waals surface area contributed by atoms with Gasteiger partial charge in [-0.2, -0.15) is 0 Å². The molecule has 0 aromatic carbocycles. The SMILES string of the molecule is CCCN(CC1CCNCC1)CC1CCC2(CCCC2)O1. The van der Waals surface area contributed by atoms with Crippen LogP contribution in [0.4, 0.5) is 0 Å². The van der Waals surface area contributed by atoms with Crippen molar-refractivity contribution < 1.29 is 4.74 Å². The van der Waals surface area contributed by atoms with Gasteiger partial charge in [-0.25, -0.2) is 0 Å². The molecule has 2 aliphatic heterocycles. The molecule has 3 nitrogen and oxygen atoms in total. The summed E-state index contributed by atoms with van der Waals surface area (Å²) in [6, 6.07) is 0. The number of hydrogen-bond donors (Lipinski definition) is 1. The average Bonchev–Trinajstić information content (AvgIpc) is 3.11. The van der Waals surface area contributed by atoms with E-state index >= 15 is 0 Å². The van der Waals surface area contributed by atoms with E-state index in [-0.39, 0.29) is 0 Å². The minimum absolute atomic E-state index is 0.303. The van der Waals surface area contributed by atoms with Gasteiger partial charge in [0.1, 0.15) is 0 Å². The molecule has 0 radical (unpaired) electrons. The van der Waals surface area contributed by atoms with Crippen LogP contribution in [0.2, 0.25) is 0 Å². The molecule has 2 heterocycles. The fourth-order valence-corrected chi connectivity index (χ4v) is 4.70. The molecule has 1 aliphatic carbocycles. The lowest BCUT2D eigenvalue weighted by atomic mass is 9.97. The van der Waals surface area contributed by atoms with Gasteiger partial charge in [0.25, 0.3) is 0 Å². The molecule has 3 heteroatoms. The van der Waals surface area contributed by atoms with Crippen LogP contribution in [-0.2, 0) is 4.74 Å². The Hall–Kier alpha value is -0.120. The van der Waals surface area contributed by atoms with Crippen molar-refractivity contribution in [1.29, 1.82) is 0 Å². The zero-order valence-corrected chi connectivity index (χ0v) is 13.9. The smallest absolute Gasteiger partial charge is 0.0710 e. The minimum atomic E-state index is 0.303. The Morgan fingerprint density at radius 2 is 1.81 bits per heavy atom. The molecule has 0 bridgehead atoms. The zero-order valence-electron chi connectivity index (χ0n) is 13.9. The molecular formula is C18H34N2O.